The van der Waals surface area contributed by atoms with Crippen LogP contribution in [0.3, 0.4) is 0 Å². The Balaban J connectivity index is 1.11. The van der Waals surface area contributed by atoms with Crippen LogP contribution in [0.15, 0.2) is 30.3 Å². The van der Waals surface area contributed by atoms with Gasteiger partial charge in [0.25, 0.3) is 5.91 Å². The van der Waals surface area contributed by atoms with E-state index in [1.165, 1.54) is 12.8 Å². The predicted octanol–water partition coefficient (Wildman–Crippen LogP) is 5.28. The number of methoxy groups -OCH3 is 1. The number of carbonyl (C=O) groups excluding carboxylic acids is 2. The van der Waals surface area contributed by atoms with Crippen molar-refractivity contribution in [3.05, 3.63) is 47.3 Å². The summed E-state index contributed by atoms with van der Waals surface area (Å²) < 4.78 is 24.4. The van der Waals surface area contributed by atoms with Crippen LogP contribution in [0, 0.1) is 11.3 Å². The van der Waals surface area contributed by atoms with Crippen molar-refractivity contribution < 1.29 is 18.7 Å². The van der Waals surface area contributed by atoms with Crippen LogP contribution in [0.4, 0.5) is 4.39 Å². The molecule has 2 amide bonds. The summed E-state index contributed by atoms with van der Waals surface area (Å²) in [5.74, 6) is 1.43. The topological polar surface area (TPSA) is 120 Å². The van der Waals surface area contributed by atoms with Gasteiger partial charge in [-0.05, 0) is 94.9 Å². The van der Waals surface area contributed by atoms with Crippen molar-refractivity contribution in [3.63, 3.8) is 0 Å². The number of fused-ring (bicyclic) bond motifs is 2. The number of ether oxygens (including phenoxy) is 1. The van der Waals surface area contributed by atoms with Gasteiger partial charge >= 0.3 is 0 Å². The van der Waals surface area contributed by atoms with E-state index in [4.69, 9.17) is 20.4 Å². The average molecular weight is 640 g/mol. The summed E-state index contributed by atoms with van der Waals surface area (Å²) in [6.45, 7) is 4.04. The molecule has 4 aromatic heterocycles. The molecule has 6 aliphatic rings. The summed E-state index contributed by atoms with van der Waals surface area (Å²) in [4.78, 5) is 38.9. The summed E-state index contributed by atoms with van der Waals surface area (Å²) in [6, 6.07) is 9.69. The van der Waals surface area contributed by atoms with E-state index in [1.807, 2.05) is 30.0 Å². The fourth-order valence-corrected chi connectivity index (χ4v) is 8.38. The first kappa shape index (κ1) is 29.2. The quantitative estimate of drug-likeness (QED) is 0.257. The van der Waals surface area contributed by atoms with Gasteiger partial charge in [-0.2, -0.15) is 0 Å². The van der Waals surface area contributed by atoms with Crippen molar-refractivity contribution in [2.75, 3.05) is 20.2 Å². The molecular formula is C36H42FN7O3. The van der Waals surface area contributed by atoms with Crippen molar-refractivity contribution in [1.82, 2.24) is 29.2 Å². The van der Waals surface area contributed by atoms with Crippen LogP contribution in [-0.4, -0.2) is 67.6 Å². The van der Waals surface area contributed by atoms with E-state index < -0.39 is 11.1 Å². The van der Waals surface area contributed by atoms with Crippen LogP contribution >= 0.6 is 0 Å². The van der Waals surface area contributed by atoms with E-state index in [0.717, 1.165) is 66.0 Å². The summed E-state index contributed by atoms with van der Waals surface area (Å²) in [7, 11) is 1.65. The maximum atomic E-state index is 14.1. The number of carbonyl (C=O) groups is 2. The lowest BCUT2D eigenvalue weighted by Gasteiger charge is -2.64. The normalized spacial score (nSPS) is 27.4. The number of imidazole rings is 1. The first-order valence-corrected chi connectivity index (χ1v) is 17.3. The highest BCUT2D eigenvalue weighted by Crippen LogP contribution is 2.69. The molecule has 3 N–H and O–H groups in total. The van der Waals surface area contributed by atoms with E-state index in [2.05, 4.69) is 26.4 Å². The van der Waals surface area contributed by atoms with Crippen LogP contribution in [0.5, 0.6) is 5.88 Å². The van der Waals surface area contributed by atoms with E-state index in [-0.39, 0.29) is 23.9 Å². The van der Waals surface area contributed by atoms with Gasteiger partial charge in [-0.15, -0.1) is 0 Å². The number of hydrogen-bond acceptors (Lipinski definition) is 6. The SMILES string of the molecule is COc1cc(C(=O)N2CCC[C@@H](N)C2)cc2nc(-c3cc4ccc([C@@H](C)NC(=O)C56CC(F)(C5)C6)nc4n3CC3CC3)c(C3CC3)n12. The lowest BCUT2D eigenvalue weighted by atomic mass is 9.42. The van der Waals surface area contributed by atoms with Gasteiger partial charge in [-0.25, -0.2) is 14.4 Å². The highest BCUT2D eigenvalue weighted by atomic mass is 19.1. The minimum absolute atomic E-state index is 0.00327. The monoisotopic (exact) mass is 639 g/mol. The third kappa shape index (κ3) is 4.75. The van der Waals surface area contributed by atoms with Gasteiger partial charge in [-0.1, -0.05) is 0 Å². The van der Waals surface area contributed by atoms with Gasteiger partial charge in [0.1, 0.15) is 22.7 Å². The molecule has 0 unspecified atom stereocenters. The molecule has 246 valence electrons. The lowest BCUT2D eigenvalue weighted by Crippen LogP contribution is -2.70. The minimum atomic E-state index is -1.11. The molecule has 10 nitrogen and oxygen atoms in total. The average Bonchev–Trinajstić information content (AvgIpc) is 3.97. The molecule has 5 heterocycles. The molecule has 6 fully saturated rings. The Morgan fingerprint density at radius 1 is 1.11 bits per heavy atom. The third-order valence-electron chi connectivity index (χ3n) is 11.3. The summed E-state index contributed by atoms with van der Waals surface area (Å²) in [5, 5.41) is 4.15. The summed E-state index contributed by atoms with van der Waals surface area (Å²) >= 11 is 0. The molecule has 0 spiro atoms. The van der Waals surface area contributed by atoms with Crippen LogP contribution in [0.25, 0.3) is 28.1 Å². The summed E-state index contributed by atoms with van der Waals surface area (Å²) in [5.41, 5.74) is 10.5. The molecule has 10 rings (SSSR count). The maximum absolute atomic E-state index is 14.1. The van der Waals surface area contributed by atoms with Gasteiger partial charge < -0.3 is 25.3 Å². The third-order valence-corrected chi connectivity index (χ3v) is 11.3. The zero-order valence-electron chi connectivity index (χ0n) is 27.1. The Morgan fingerprint density at radius 2 is 1.89 bits per heavy atom. The van der Waals surface area contributed by atoms with Crippen molar-refractivity contribution in [2.45, 2.75) is 94.9 Å². The maximum Gasteiger partial charge on any atom is 0.254 e. The Kier molecular flexibility index (Phi) is 6.36. The molecule has 2 bridgehead atoms. The van der Waals surface area contributed by atoms with Crippen molar-refractivity contribution in [1.29, 1.82) is 0 Å². The molecule has 5 aliphatic carbocycles. The number of pyridine rings is 2. The first-order chi connectivity index (χ1) is 22.6. The van der Waals surface area contributed by atoms with E-state index >= 15 is 0 Å². The molecule has 1 saturated heterocycles. The van der Waals surface area contributed by atoms with E-state index in [9.17, 15) is 14.0 Å². The van der Waals surface area contributed by atoms with Gasteiger partial charge in [0.2, 0.25) is 5.91 Å². The van der Waals surface area contributed by atoms with Crippen LogP contribution in [0.1, 0.15) is 98.4 Å². The molecule has 11 heteroatoms. The molecule has 4 aromatic rings. The molecule has 2 atom stereocenters. The van der Waals surface area contributed by atoms with Crippen molar-refractivity contribution in [3.8, 4) is 17.3 Å². The highest BCUT2D eigenvalue weighted by molar-refractivity contribution is 5.96. The Hall–Kier alpha value is -3.99. The van der Waals surface area contributed by atoms with Gasteiger partial charge in [0.05, 0.1) is 35.6 Å². The van der Waals surface area contributed by atoms with E-state index in [1.54, 1.807) is 7.11 Å². The number of likely N-dealkylation sites (tertiary alicyclic amines) is 1. The largest absolute Gasteiger partial charge is 0.482 e. The smallest absolute Gasteiger partial charge is 0.254 e. The molecular weight excluding hydrogens is 597 g/mol. The zero-order valence-corrected chi connectivity index (χ0v) is 27.1. The lowest BCUT2D eigenvalue weighted by molar-refractivity contribution is -0.214. The summed E-state index contributed by atoms with van der Waals surface area (Å²) in [6.07, 6.45) is 7.37. The number of aromatic nitrogens is 4. The highest BCUT2D eigenvalue weighted by Gasteiger charge is 2.72. The Labute approximate surface area is 272 Å². The number of nitrogens with two attached hydrogens (primary N) is 1. The van der Waals surface area contributed by atoms with Gasteiger partial charge in [0.15, 0.2) is 5.88 Å². The Morgan fingerprint density at radius 3 is 2.57 bits per heavy atom. The number of nitrogens with zero attached hydrogens (tertiary/aromatic N) is 5. The van der Waals surface area contributed by atoms with Gasteiger partial charge in [0, 0.05) is 48.6 Å². The fourth-order valence-electron chi connectivity index (χ4n) is 8.38. The van der Waals surface area contributed by atoms with Gasteiger partial charge in [-0.3, -0.25) is 14.0 Å². The standard InChI is InChI=1S/C36H42FN7O3/c1-20(39-34(46)35-17-36(37,18-35)19-35)26-10-9-23-12-27(43(32(23)40-26)15-21-5-6-21)30-31(22-7-8-22)44-28(41-30)13-24(14-29(44)47-2)33(45)42-11-3-4-25(38)16-42/h9-10,12-14,20-22,25H,3-8,11,15-19,38H2,1-2H3,(H,39,46)/t20-,25-,35?,36?/m1/s1. The second kappa shape index (κ2) is 10.3. The molecule has 47 heavy (non-hydrogen) atoms. The Bertz CT molecular complexity index is 1940. The zero-order chi connectivity index (χ0) is 32.2. The first-order valence-electron chi connectivity index (χ1n) is 17.3. The van der Waals surface area contributed by atoms with Crippen LogP contribution in [-0.2, 0) is 11.3 Å². The van der Waals surface area contributed by atoms with Crippen molar-refractivity contribution in [2.24, 2.45) is 17.1 Å². The molecule has 5 saturated carbocycles. The molecule has 0 radical (unpaired) electrons. The number of halogens is 1. The number of nitrogens with one attached hydrogen (secondary N) is 1. The van der Waals surface area contributed by atoms with Crippen molar-refractivity contribution >= 4 is 28.5 Å². The number of rotatable bonds is 9. The second-order valence-electron chi connectivity index (χ2n) is 15.1. The fraction of sp³-hybridized carbons (Fsp3) is 0.556. The number of hydrogen-bond donors (Lipinski definition) is 2. The number of alkyl halides is 1. The number of amides is 2. The van der Waals surface area contributed by atoms with E-state index in [0.29, 0.717) is 61.3 Å². The van der Waals surface area contributed by atoms with Crippen LogP contribution < -0.4 is 15.8 Å². The molecule has 0 aromatic carbocycles. The molecule has 1 aliphatic heterocycles. The predicted molar refractivity (Wildman–Crippen MR) is 175 cm³/mol. The second-order valence-corrected chi connectivity index (χ2v) is 15.1. The number of piperidine rings is 1. The van der Waals surface area contributed by atoms with Crippen LogP contribution in [0.2, 0.25) is 0 Å². The minimum Gasteiger partial charge on any atom is -0.482 e.